The van der Waals surface area contributed by atoms with Crippen LogP contribution in [-0.4, -0.2) is 58.1 Å². The molecule has 0 radical (unpaired) electrons. The molecule has 1 spiro atoms. The topological polar surface area (TPSA) is 103 Å². The Morgan fingerprint density at radius 1 is 1.46 bits per heavy atom. The van der Waals surface area contributed by atoms with Crippen molar-refractivity contribution >= 4 is 17.4 Å². The molecular formula is C14H18F3N5O4. The van der Waals surface area contributed by atoms with Gasteiger partial charge in [0, 0.05) is 26.6 Å². The summed E-state index contributed by atoms with van der Waals surface area (Å²) in [5.41, 5.74) is -1.04. The van der Waals surface area contributed by atoms with Gasteiger partial charge in [-0.05, 0) is 12.8 Å². The molecule has 0 saturated carbocycles. The predicted octanol–water partition coefficient (Wildman–Crippen LogP) is 1.13. The van der Waals surface area contributed by atoms with Gasteiger partial charge in [0.25, 0.3) is 0 Å². The van der Waals surface area contributed by atoms with Crippen LogP contribution < -0.4 is 10.2 Å². The van der Waals surface area contributed by atoms with Crippen LogP contribution in [-0.2, 0) is 16.6 Å². The summed E-state index contributed by atoms with van der Waals surface area (Å²) >= 11 is 0. The van der Waals surface area contributed by atoms with Crippen molar-refractivity contribution in [1.29, 1.82) is 0 Å². The fourth-order valence-electron chi connectivity index (χ4n) is 3.56. The molecule has 12 heteroatoms. The first-order valence-corrected chi connectivity index (χ1v) is 8.07. The molecular weight excluding hydrogens is 359 g/mol. The summed E-state index contributed by atoms with van der Waals surface area (Å²) in [6.07, 6.45) is -2.80. The van der Waals surface area contributed by atoms with Crippen molar-refractivity contribution in [3.05, 3.63) is 16.3 Å². The van der Waals surface area contributed by atoms with Crippen molar-refractivity contribution in [2.75, 3.05) is 24.6 Å². The second kappa shape index (κ2) is 6.41. The van der Waals surface area contributed by atoms with Gasteiger partial charge in [-0.2, -0.15) is 18.3 Å². The first-order valence-electron chi connectivity index (χ1n) is 8.07. The van der Waals surface area contributed by atoms with Gasteiger partial charge in [0.15, 0.2) is 0 Å². The van der Waals surface area contributed by atoms with E-state index < -0.39 is 28.6 Å². The fraction of sp³-hybridized carbons (Fsp3) is 0.714. The van der Waals surface area contributed by atoms with Gasteiger partial charge in [0.2, 0.25) is 5.82 Å². The van der Waals surface area contributed by atoms with Crippen molar-refractivity contribution in [3.63, 3.8) is 0 Å². The number of hydrogen-bond donors (Lipinski definition) is 1. The van der Waals surface area contributed by atoms with E-state index in [1.54, 1.807) is 11.9 Å². The number of amides is 1. The normalized spacial score (nSPS) is 26.3. The average Bonchev–Trinajstić information content (AvgIpc) is 2.78. The van der Waals surface area contributed by atoms with Crippen molar-refractivity contribution < 1.29 is 27.6 Å². The van der Waals surface area contributed by atoms with Crippen molar-refractivity contribution in [3.8, 4) is 0 Å². The zero-order valence-corrected chi connectivity index (χ0v) is 14.0. The lowest BCUT2D eigenvalue weighted by atomic mass is 9.82. The average molecular weight is 377 g/mol. The Labute approximate surface area is 146 Å². The van der Waals surface area contributed by atoms with Crippen LogP contribution in [0.4, 0.5) is 24.7 Å². The van der Waals surface area contributed by atoms with Crippen molar-refractivity contribution in [2.45, 2.75) is 37.1 Å². The third-order valence-electron chi connectivity index (χ3n) is 4.99. The van der Waals surface area contributed by atoms with Gasteiger partial charge >= 0.3 is 17.8 Å². The minimum absolute atomic E-state index is 0.171. The van der Waals surface area contributed by atoms with Crippen LogP contribution in [0.15, 0.2) is 6.20 Å². The van der Waals surface area contributed by atoms with E-state index >= 15 is 0 Å². The molecule has 1 N–H and O–H groups in total. The lowest BCUT2D eigenvalue weighted by molar-refractivity contribution is -0.384. The zero-order valence-electron chi connectivity index (χ0n) is 14.0. The Hall–Kier alpha value is -2.37. The number of anilines is 1. The summed E-state index contributed by atoms with van der Waals surface area (Å²) in [6, 6.07) is -0.817. The molecule has 9 nitrogen and oxygen atoms in total. The van der Waals surface area contributed by atoms with Crippen LogP contribution in [0, 0.1) is 10.1 Å². The Kier molecular flexibility index (Phi) is 4.54. The lowest BCUT2D eigenvalue weighted by Crippen LogP contribution is -2.61. The summed E-state index contributed by atoms with van der Waals surface area (Å²) in [5, 5.41) is 17.1. The van der Waals surface area contributed by atoms with E-state index in [1.807, 2.05) is 5.32 Å². The number of aryl methyl sites for hydroxylation is 1. The van der Waals surface area contributed by atoms with Crippen LogP contribution in [0.2, 0.25) is 0 Å². The van der Waals surface area contributed by atoms with Gasteiger partial charge in [-0.15, -0.1) is 0 Å². The third-order valence-corrected chi connectivity index (χ3v) is 4.99. The van der Waals surface area contributed by atoms with Crippen molar-refractivity contribution in [2.24, 2.45) is 7.05 Å². The summed E-state index contributed by atoms with van der Waals surface area (Å²) < 4.78 is 44.8. The monoisotopic (exact) mass is 377 g/mol. The van der Waals surface area contributed by atoms with Crippen LogP contribution in [0.3, 0.4) is 0 Å². The highest BCUT2D eigenvalue weighted by atomic mass is 19.4. The van der Waals surface area contributed by atoms with E-state index in [-0.39, 0.29) is 24.5 Å². The van der Waals surface area contributed by atoms with Crippen LogP contribution in [0.25, 0.3) is 0 Å². The molecule has 0 bridgehead atoms. The predicted molar refractivity (Wildman–Crippen MR) is 82.6 cm³/mol. The zero-order chi connectivity index (χ0) is 19.1. The Bertz CT molecular complexity index is 716. The molecule has 1 aromatic rings. The second-order valence-electron chi connectivity index (χ2n) is 6.45. The number of carbonyl (C=O) groups is 1. The van der Waals surface area contributed by atoms with E-state index in [0.717, 1.165) is 6.20 Å². The minimum atomic E-state index is -4.97. The van der Waals surface area contributed by atoms with E-state index in [4.69, 9.17) is 4.74 Å². The van der Waals surface area contributed by atoms with Crippen LogP contribution >= 0.6 is 0 Å². The number of ether oxygens (including phenoxy) is 1. The maximum Gasteiger partial charge on any atom is 0.471 e. The molecule has 2 fully saturated rings. The Balaban J connectivity index is 1.82. The number of nitro groups is 1. The van der Waals surface area contributed by atoms with E-state index in [1.165, 1.54) is 4.68 Å². The highest BCUT2D eigenvalue weighted by Gasteiger charge is 2.50. The minimum Gasteiger partial charge on any atom is -0.373 e. The number of carbonyl (C=O) groups excluding carboxylic acids is 1. The number of aromatic nitrogens is 2. The standard InChI is InChI=1S/C14H18F3N5O4/c1-20-11(9(8-18-20)22(24)25)21-5-2-10(19-12(23)14(15,16)17)13(3-6-21)4-7-26-13/h8,10H,2-7H2,1H3,(H,19,23)/t10-,13?/m1/s1. The maximum absolute atomic E-state index is 12.6. The van der Waals surface area contributed by atoms with E-state index in [0.29, 0.717) is 26.0 Å². The van der Waals surface area contributed by atoms with Gasteiger partial charge in [0.05, 0.1) is 23.2 Å². The number of hydrogen-bond acceptors (Lipinski definition) is 6. The van der Waals surface area contributed by atoms with Crippen LogP contribution in [0.5, 0.6) is 0 Å². The highest BCUT2D eigenvalue weighted by Crippen LogP contribution is 2.39. The Morgan fingerprint density at radius 3 is 2.69 bits per heavy atom. The smallest absolute Gasteiger partial charge is 0.373 e. The molecule has 3 rings (SSSR count). The van der Waals surface area contributed by atoms with Gasteiger partial charge in [-0.1, -0.05) is 0 Å². The highest BCUT2D eigenvalue weighted by molar-refractivity contribution is 5.82. The molecule has 1 amide bonds. The second-order valence-corrected chi connectivity index (χ2v) is 6.45. The molecule has 0 aromatic carbocycles. The lowest BCUT2D eigenvalue weighted by Gasteiger charge is -2.46. The van der Waals surface area contributed by atoms with E-state index in [2.05, 4.69) is 5.10 Å². The quantitative estimate of drug-likeness (QED) is 0.626. The van der Waals surface area contributed by atoms with Gasteiger partial charge in [-0.3, -0.25) is 14.9 Å². The first kappa shape index (κ1) is 18.4. The molecule has 2 aliphatic heterocycles. The molecule has 1 unspecified atom stereocenters. The first-order chi connectivity index (χ1) is 12.1. The summed E-state index contributed by atoms with van der Waals surface area (Å²) in [5.74, 6) is -1.72. The molecule has 0 aliphatic carbocycles. The molecule has 26 heavy (non-hydrogen) atoms. The molecule has 2 saturated heterocycles. The van der Waals surface area contributed by atoms with Gasteiger partial charge < -0.3 is 15.0 Å². The Morgan fingerprint density at radius 2 is 2.15 bits per heavy atom. The van der Waals surface area contributed by atoms with Gasteiger partial charge in [0.1, 0.15) is 6.20 Å². The number of halogens is 3. The number of nitrogens with one attached hydrogen (secondary N) is 1. The number of rotatable bonds is 3. The third kappa shape index (κ3) is 3.20. The van der Waals surface area contributed by atoms with Gasteiger partial charge in [-0.25, -0.2) is 4.68 Å². The number of alkyl halides is 3. The molecule has 144 valence electrons. The molecule has 2 atom stereocenters. The van der Waals surface area contributed by atoms with E-state index in [9.17, 15) is 28.1 Å². The number of nitrogens with zero attached hydrogens (tertiary/aromatic N) is 4. The SMILES string of the molecule is Cn1ncc([N+](=O)[O-])c1N1CC[C@@H](NC(=O)C(F)(F)F)C2(CCO2)CC1. The van der Waals surface area contributed by atoms with Crippen LogP contribution in [0.1, 0.15) is 19.3 Å². The fourth-order valence-corrected chi connectivity index (χ4v) is 3.56. The molecule has 1 aromatic heterocycles. The maximum atomic E-state index is 12.6. The molecule has 2 aliphatic rings. The largest absolute Gasteiger partial charge is 0.471 e. The summed E-state index contributed by atoms with van der Waals surface area (Å²) in [7, 11) is 1.56. The summed E-state index contributed by atoms with van der Waals surface area (Å²) in [6.45, 7) is 0.983. The van der Waals surface area contributed by atoms with Crippen molar-refractivity contribution in [1.82, 2.24) is 15.1 Å². The summed E-state index contributed by atoms with van der Waals surface area (Å²) in [4.78, 5) is 23.7. The molecule has 3 heterocycles.